The molecule has 0 bridgehead atoms. The Labute approximate surface area is 170 Å². The van der Waals surface area contributed by atoms with E-state index in [1.165, 1.54) is 5.56 Å². The molecule has 2 amide bonds. The number of unbranched alkanes of at least 4 members (excludes halogenated alkanes) is 1. The van der Waals surface area contributed by atoms with E-state index in [0.717, 1.165) is 48.1 Å². The average Bonchev–Trinajstić information content (AvgIpc) is 3.34. The molecule has 4 rings (SSSR count). The number of anilines is 1. The zero-order valence-electron chi connectivity index (χ0n) is 17.0. The van der Waals surface area contributed by atoms with Crippen molar-refractivity contribution >= 4 is 22.9 Å². The normalized spacial score (nSPS) is 18.0. The van der Waals surface area contributed by atoms with Crippen molar-refractivity contribution < 1.29 is 4.79 Å². The van der Waals surface area contributed by atoms with Gasteiger partial charge in [-0.25, -0.2) is 14.8 Å². The van der Waals surface area contributed by atoms with Gasteiger partial charge in [-0.15, -0.1) is 0 Å². The summed E-state index contributed by atoms with van der Waals surface area (Å²) in [6.45, 7) is 5.51. The number of aromatic nitrogens is 3. The quantitative estimate of drug-likeness (QED) is 0.538. The van der Waals surface area contributed by atoms with Crippen LogP contribution in [0, 0.1) is 13.8 Å². The van der Waals surface area contributed by atoms with Crippen LogP contribution < -0.4 is 16.4 Å². The van der Waals surface area contributed by atoms with E-state index in [1.54, 1.807) is 0 Å². The summed E-state index contributed by atoms with van der Waals surface area (Å²) in [6.07, 6.45) is 4.69. The smallest absolute Gasteiger partial charge is 0.315 e. The number of nitrogens with zero attached hydrogens (tertiary/aromatic N) is 3. The van der Waals surface area contributed by atoms with E-state index in [0.29, 0.717) is 18.3 Å². The zero-order chi connectivity index (χ0) is 20.4. The van der Waals surface area contributed by atoms with Crippen molar-refractivity contribution in [3.05, 3.63) is 53.5 Å². The van der Waals surface area contributed by atoms with Crippen LogP contribution >= 0.6 is 0 Å². The number of rotatable bonds is 7. The van der Waals surface area contributed by atoms with Crippen LogP contribution in [0.3, 0.4) is 0 Å². The van der Waals surface area contributed by atoms with Crippen molar-refractivity contribution in [2.45, 2.75) is 51.6 Å². The van der Waals surface area contributed by atoms with Gasteiger partial charge in [0, 0.05) is 30.7 Å². The molecule has 0 saturated heterocycles. The molecule has 4 N–H and O–H groups in total. The summed E-state index contributed by atoms with van der Waals surface area (Å²) in [7, 11) is 0. The highest BCUT2D eigenvalue weighted by atomic mass is 16.2. The maximum atomic E-state index is 12.1. The Bertz CT molecular complexity index is 1010. The fraction of sp³-hybridized carbons (Fsp3) is 0.409. The largest absolute Gasteiger partial charge is 0.382 e. The van der Waals surface area contributed by atoms with Crippen LogP contribution in [0.1, 0.15) is 42.0 Å². The number of carbonyl (C=O) groups excluding carboxylic acids is 1. The summed E-state index contributed by atoms with van der Waals surface area (Å²) in [6, 6.07) is 10.5. The number of carbonyl (C=O) groups is 1. The topological polar surface area (TPSA) is 97.9 Å². The molecule has 0 spiro atoms. The number of hydrogen-bond donors (Lipinski definition) is 3. The molecule has 1 saturated carbocycles. The van der Waals surface area contributed by atoms with Gasteiger partial charge >= 0.3 is 6.03 Å². The lowest BCUT2D eigenvalue weighted by Gasteiger charge is -2.10. The zero-order valence-corrected chi connectivity index (χ0v) is 17.0. The summed E-state index contributed by atoms with van der Waals surface area (Å²) in [5, 5.41) is 6.03. The van der Waals surface area contributed by atoms with Gasteiger partial charge in [-0.1, -0.05) is 30.3 Å². The molecule has 7 nitrogen and oxygen atoms in total. The van der Waals surface area contributed by atoms with Crippen LogP contribution in [0.5, 0.6) is 0 Å². The van der Waals surface area contributed by atoms with E-state index in [4.69, 9.17) is 5.73 Å². The molecule has 2 heterocycles. The Balaban J connectivity index is 1.20. The number of benzene rings is 1. The number of amides is 2. The first-order valence-corrected chi connectivity index (χ1v) is 10.2. The monoisotopic (exact) mass is 392 g/mol. The minimum absolute atomic E-state index is 0.0770. The first kappa shape index (κ1) is 19.2. The van der Waals surface area contributed by atoms with Crippen molar-refractivity contribution in [1.29, 1.82) is 0 Å². The van der Waals surface area contributed by atoms with Gasteiger partial charge in [0.05, 0.1) is 11.8 Å². The second-order valence-electron chi connectivity index (χ2n) is 7.81. The van der Waals surface area contributed by atoms with Crippen LogP contribution in [-0.4, -0.2) is 33.2 Å². The van der Waals surface area contributed by atoms with Crippen LogP contribution in [0.25, 0.3) is 11.0 Å². The van der Waals surface area contributed by atoms with E-state index >= 15 is 0 Å². The molecular formula is C22H28N6O. The molecule has 7 heteroatoms. The standard InChI is InChI=1S/C22H28N6O/c1-14-15(2)26-21(23)19-20(14)28(13-25-19)11-7-6-10-24-22(29)27-18-12-17(18)16-8-4-3-5-9-16/h3-5,8-9,13,17-18H,6-7,10-12H2,1-2H3,(H2,23,26)(H2,24,27,29)/t17-,18?/m0/s1. The van der Waals surface area contributed by atoms with E-state index in [1.807, 2.05) is 31.5 Å². The third-order valence-electron chi connectivity index (χ3n) is 5.71. The maximum absolute atomic E-state index is 12.1. The van der Waals surface area contributed by atoms with E-state index < -0.39 is 0 Å². The number of nitrogens with two attached hydrogens (primary N) is 1. The summed E-state index contributed by atoms with van der Waals surface area (Å²) < 4.78 is 2.13. The van der Waals surface area contributed by atoms with Gasteiger partial charge in [0.25, 0.3) is 0 Å². The van der Waals surface area contributed by atoms with Gasteiger partial charge in [-0.3, -0.25) is 0 Å². The SMILES string of the molecule is Cc1nc(N)c2ncn(CCCCNC(=O)NC3C[C@H]3c3ccccc3)c2c1C. The summed E-state index contributed by atoms with van der Waals surface area (Å²) in [5.74, 6) is 0.930. The van der Waals surface area contributed by atoms with Crippen molar-refractivity contribution in [2.75, 3.05) is 12.3 Å². The molecule has 1 aromatic carbocycles. The molecular weight excluding hydrogens is 364 g/mol. The first-order valence-electron chi connectivity index (χ1n) is 10.2. The number of hydrogen-bond acceptors (Lipinski definition) is 4. The Morgan fingerprint density at radius 3 is 2.83 bits per heavy atom. The van der Waals surface area contributed by atoms with Crippen molar-refractivity contribution in [2.24, 2.45) is 0 Å². The fourth-order valence-electron chi connectivity index (χ4n) is 3.87. The van der Waals surface area contributed by atoms with E-state index in [2.05, 4.69) is 44.2 Å². The van der Waals surface area contributed by atoms with E-state index in [-0.39, 0.29) is 12.1 Å². The number of pyridine rings is 1. The van der Waals surface area contributed by atoms with Crippen molar-refractivity contribution in [3.63, 3.8) is 0 Å². The minimum atomic E-state index is -0.0770. The lowest BCUT2D eigenvalue weighted by atomic mass is 10.1. The Morgan fingerprint density at radius 2 is 2.03 bits per heavy atom. The highest BCUT2D eigenvalue weighted by Gasteiger charge is 2.39. The number of aryl methyl sites for hydroxylation is 3. The number of imidazole rings is 1. The van der Waals surface area contributed by atoms with Crippen molar-refractivity contribution in [1.82, 2.24) is 25.2 Å². The van der Waals surface area contributed by atoms with Gasteiger partial charge in [0.15, 0.2) is 5.82 Å². The van der Waals surface area contributed by atoms with Crippen LogP contribution in [0.4, 0.5) is 10.6 Å². The van der Waals surface area contributed by atoms with Crippen LogP contribution in [-0.2, 0) is 6.54 Å². The summed E-state index contributed by atoms with van der Waals surface area (Å²) in [4.78, 5) is 20.9. The molecule has 1 fully saturated rings. The molecule has 2 atom stereocenters. The van der Waals surface area contributed by atoms with Gasteiger partial charge < -0.3 is 20.9 Å². The molecule has 29 heavy (non-hydrogen) atoms. The molecule has 3 aromatic rings. The van der Waals surface area contributed by atoms with E-state index in [9.17, 15) is 4.79 Å². The summed E-state index contributed by atoms with van der Waals surface area (Å²) >= 11 is 0. The number of nitrogen functional groups attached to an aromatic ring is 1. The highest BCUT2D eigenvalue weighted by Crippen LogP contribution is 2.40. The highest BCUT2D eigenvalue weighted by molar-refractivity contribution is 5.88. The Kier molecular flexibility index (Phi) is 5.38. The molecule has 1 unspecified atom stereocenters. The Hall–Kier alpha value is -3.09. The predicted octanol–water partition coefficient (Wildman–Crippen LogP) is 3.27. The van der Waals surface area contributed by atoms with Gasteiger partial charge in [-0.05, 0) is 44.2 Å². The third kappa shape index (κ3) is 4.18. The lowest BCUT2D eigenvalue weighted by Crippen LogP contribution is -2.37. The first-order chi connectivity index (χ1) is 14.0. The van der Waals surface area contributed by atoms with Gasteiger partial charge in [0.2, 0.25) is 0 Å². The number of nitrogens with one attached hydrogen (secondary N) is 2. The van der Waals surface area contributed by atoms with Gasteiger partial charge in [0.1, 0.15) is 5.52 Å². The van der Waals surface area contributed by atoms with Crippen LogP contribution in [0.15, 0.2) is 36.7 Å². The molecule has 1 aliphatic carbocycles. The van der Waals surface area contributed by atoms with Crippen molar-refractivity contribution in [3.8, 4) is 0 Å². The molecule has 152 valence electrons. The fourth-order valence-corrected chi connectivity index (χ4v) is 3.87. The lowest BCUT2D eigenvalue weighted by molar-refractivity contribution is 0.240. The molecule has 2 aromatic heterocycles. The second kappa shape index (κ2) is 8.11. The number of fused-ring (bicyclic) bond motifs is 1. The third-order valence-corrected chi connectivity index (χ3v) is 5.71. The second-order valence-corrected chi connectivity index (χ2v) is 7.81. The Morgan fingerprint density at radius 1 is 1.24 bits per heavy atom. The van der Waals surface area contributed by atoms with Crippen LogP contribution in [0.2, 0.25) is 0 Å². The summed E-state index contributed by atoms with van der Waals surface area (Å²) in [5.41, 5.74) is 11.2. The number of urea groups is 1. The minimum Gasteiger partial charge on any atom is -0.382 e. The molecule has 0 radical (unpaired) electrons. The van der Waals surface area contributed by atoms with Gasteiger partial charge in [-0.2, -0.15) is 0 Å². The maximum Gasteiger partial charge on any atom is 0.315 e. The molecule has 1 aliphatic rings. The predicted molar refractivity (Wildman–Crippen MR) is 115 cm³/mol. The average molecular weight is 393 g/mol. The molecule has 0 aliphatic heterocycles.